The number of anilines is 2. The number of halogens is 1. The molecule has 0 spiro atoms. The maximum absolute atomic E-state index is 12.5. The highest BCUT2D eigenvalue weighted by Crippen LogP contribution is 2.24. The van der Waals surface area contributed by atoms with E-state index in [1.807, 2.05) is 47.0 Å². The molecule has 4 rings (SSSR count). The number of benzene rings is 3. The quantitative estimate of drug-likeness (QED) is 0.187. The van der Waals surface area contributed by atoms with Crippen molar-refractivity contribution in [3.8, 4) is 5.69 Å². The number of amides is 1. The number of non-ortho nitro benzene ring substituents is 1. The van der Waals surface area contributed by atoms with Gasteiger partial charge in [0.1, 0.15) is 0 Å². The van der Waals surface area contributed by atoms with Crippen molar-refractivity contribution in [1.82, 2.24) is 14.8 Å². The zero-order chi connectivity index (χ0) is 23.9. The summed E-state index contributed by atoms with van der Waals surface area (Å²) in [5.41, 5.74) is 2.02. The highest BCUT2D eigenvalue weighted by molar-refractivity contribution is 7.99. The summed E-state index contributed by atoms with van der Waals surface area (Å²) >= 11 is 7.17. The van der Waals surface area contributed by atoms with E-state index in [0.29, 0.717) is 28.2 Å². The smallest absolute Gasteiger partial charge is 0.271 e. The van der Waals surface area contributed by atoms with Crippen LogP contribution in [0.1, 0.15) is 5.82 Å². The molecule has 1 heterocycles. The molecule has 0 aliphatic carbocycles. The average Bonchev–Trinajstić information content (AvgIpc) is 3.26. The summed E-state index contributed by atoms with van der Waals surface area (Å²) in [6.07, 6.45) is 0. The molecule has 0 aliphatic heterocycles. The van der Waals surface area contributed by atoms with Crippen LogP contribution in [0.2, 0.25) is 5.02 Å². The van der Waals surface area contributed by atoms with E-state index >= 15 is 0 Å². The second-order valence-corrected chi connectivity index (χ2v) is 8.45. The molecular formula is C23H19ClN6O3S. The molecule has 0 radical (unpaired) electrons. The normalized spacial score (nSPS) is 10.6. The van der Waals surface area contributed by atoms with E-state index in [1.165, 1.54) is 30.0 Å². The number of hydrogen-bond acceptors (Lipinski definition) is 7. The van der Waals surface area contributed by atoms with Gasteiger partial charge >= 0.3 is 0 Å². The second kappa shape index (κ2) is 10.8. The number of rotatable bonds is 9. The summed E-state index contributed by atoms with van der Waals surface area (Å²) < 4.78 is 1.88. The van der Waals surface area contributed by atoms with E-state index in [9.17, 15) is 14.9 Å². The van der Waals surface area contributed by atoms with Gasteiger partial charge in [-0.1, -0.05) is 47.6 Å². The Morgan fingerprint density at radius 3 is 2.50 bits per heavy atom. The number of nitrogens with zero attached hydrogens (tertiary/aromatic N) is 4. The van der Waals surface area contributed by atoms with Gasteiger partial charge in [0.2, 0.25) is 5.91 Å². The Morgan fingerprint density at radius 2 is 1.76 bits per heavy atom. The number of para-hydroxylation sites is 1. The van der Waals surface area contributed by atoms with Gasteiger partial charge in [-0.15, -0.1) is 10.2 Å². The van der Waals surface area contributed by atoms with Crippen LogP contribution in [0.15, 0.2) is 84.0 Å². The SMILES string of the molecule is O=C(CSc1nnc(CNc2ccc(Cl)cc2)n1-c1ccccc1)Nc1cccc([N+](=O)[O-])c1. The zero-order valence-corrected chi connectivity index (χ0v) is 19.3. The number of nitro benzene ring substituents is 1. The minimum Gasteiger partial charge on any atom is -0.378 e. The van der Waals surface area contributed by atoms with Crippen LogP contribution >= 0.6 is 23.4 Å². The molecule has 2 N–H and O–H groups in total. The summed E-state index contributed by atoms with van der Waals surface area (Å²) in [7, 11) is 0. The van der Waals surface area contributed by atoms with Crippen LogP contribution in [0, 0.1) is 10.1 Å². The average molecular weight is 495 g/mol. The fraction of sp³-hybridized carbons (Fsp3) is 0.0870. The van der Waals surface area contributed by atoms with Crippen molar-refractivity contribution >= 4 is 46.3 Å². The highest BCUT2D eigenvalue weighted by atomic mass is 35.5. The molecule has 4 aromatic rings. The van der Waals surface area contributed by atoms with Gasteiger partial charge in [0, 0.05) is 34.2 Å². The van der Waals surface area contributed by atoms with Gasteiger partial charge < -0.3 is 10.6 Å². The van der Waals surface area contributed by atoms with Crippen molar-refractivity contribution in [3.05, 3.63) is 99.8 Å². The summed E-state index contributed by atoms with van der Waals surface area (Å²) in [6.45, 7) is 0.407. The monoisotopic (exact) mass is 494 g/mol. The topological polar surface area (TPSA) is 115 Å². The predicted octanol–water partition coefficient (Wildman–Crippen LogP) is 5.17. The first-order chi connectivity index (χ1) is 16.5. The molecule has 0 aliphatic rings. The van der Waals surface area contributed by atoms with Crippen molar-refractivity contribution in [2.75, 3.05) is 16.4 Å². The van der Waals surface area contributed by atoms with Gasteiger partial charge in [-0.25, -0.2) is 0 Å². The lowest BCUT2D eigenvalue weighted by Crippen LogP contribution is -2.15. The van der Waals surface area contributed by atoms with E-state index in [0.717, 1.165) is 11.4 Å². The van der Waals surface area contributed by atoms with Crippen LogP contribution in [0.5, 0.6) is 0 Å². The lowest BCUT2D eigenvalue weighted by molar-refractivity contribution is -0.384. The van der Waals surface area contributed by atoms with Crippen molar-refractivity contribution in [3.63, 3.8) is 0 Å². The summed E-state index contributed by atoms with van der Waals surface area (Å²) in [5.74, 6) is 0.412. The number of aromatic nitrogens is 3. The molecule has 0 bridgehead atoms. The van der Waals surface area contributed by atoms with Gasteiger partial charge in [-0.05, 0) is 42.5 Å². The highest BCUT2D eigenvalue weighted by Gasteiger charge is 2.16. The number of carbonyl (C=O) groups excluding carboxylic acids is 1. The van der Waals surface area contributed by atoms with Gasteiger partial charge in [-0.2, -0.15) is 0 Å². The second-order valence-electron chi connectivity index (χ2n) is 7.07. The van der Waals surface area contributed by atoms with Crippen molar-refractivity contribution in [2.45, 2.75) is 11.7 Å². The number of thioether (sulfide) groups is 1. The van der Waals surface area contributed by atoms with Gasteiger partial charge in [-0.3, -0.25) is 19.5 Å². The van der Waals surface area contributed by atoms with E-state index < -0.39 is 4.92 Å². The molecule has 3 aromatic carbocycles. The minimum atomic E-state index is -0.508. The Bertz CT molecular complexity index is 1300. The third kappa shape index (κ3) is 5.91. The van der Waals surface area contributed by atoms with Crippen molar-refractivity contribution in [1.29, 1.82) is 0 Å². The number of nitrogens with one attached hydrogen (secondary N) is 2. The standard InChI is InChI=1S/C23H19ClN6O3S/c24-16-9-11-17(12-10-16)25-14-21-27-28-23(29(21)19-6-2-1-3-7-19)34-15-22(31)26-18-5-4-8-20(13-18)30(32)33/h1-13,25H,14-15H2,(H,26,31). The Hall–Kier alpha value is -3.89. The Kier molecular flexibility index (Phi) is 7.41. The molecule has 11 heteroatoms. The van der Waals surface area contributed by atoms with E-state index in [-0.39, 0.29) is 17.3 Å². The van der Waals surface area contributed by atoms with Gasteiger partial charge in [0.15, 0.2) is 11.0 Å². The molecule has 0 saturated carbocycles. The lowest BCUT2D eigenvalue weighted by atomic mass is 10.3. The van der Waals surface area contributed by atoms with Gasteiger partial charge in [0.05, 0.1) is 17.2 Å². The first-order valence-corrected chi connectivity index (χ1v) is 11.5. The largest absolute Gasteiger partial charge is 0.378 e. The molecular weight excluding hydrogens is 476 g/mol. The van der Waals surface area contributed by atoms with E-state index in [1.54, 1.807) is 18.2 Å². The number of nitro groups is 1. The summed E-state index contributed by atoms with van der Waals surface area (Å²) in [6, 6.07) is 22.8. The Labute approximate surface area is 204 Å². The Balaban J connectivity index is 1.47. The molecule has 1 aromatic heterocycles. The molecule has 9 nitrogen and oxygen atoms in total. The molecule has 172 valence electrons. The van der Waals surface area contributed by atoms with Crippen LogP contribution in [0.3, 0.4) is 0 Å². The number of carbonyl (C=O) groups is 1. The minimum absolute atomic E-state index is 0.0538. The summed E-state index contributed by atoms with van der Waals surface area (Å²) in [4.78, 5) is 22.9. The molecule has 1 amide bonds. The van der Waals surface area contributed by atoms with E-state index in [4.69, 9.17) is 11.6 Å². The van der Waals surface area contributed by atoms with Crippen LogP contribution in [0.25, 0.3) is 5.69 Å². The van der Waals surface area contributed by atoms with Crippen LogP contribution in [-0.4, -0.2) is 31.3 Å². The zero-order valence-electron chi connectivity index (χ0n) is 17.7. The molecule has 0 unspecified atom stereocenters. The Morgan fingerprint density at radius 1 is 1.00 bits per heavy atom. The lowest BCUT2D eigenvalue weighted by Gasteiger charge is -2.11. The van der Waals surface area contributed by atoms with Crippen molar-refractivity contribution in [2.24, 2.45) is 0 Å². The third-order valence-electron chi connectivity index (χ3n) is 4.68. The van der Waals surface area contributed by atoms with E-state index in [2.05, 4.69) is 20.8 Å². The van der Waals surface area contributed by atoms with Crippen molar-refractivity contribution < 1.29 is 9.72 Å². The molecule has 0 saturated heterocycles. The van der Waals surface area contributed by atoms with Gasteiger partial charge in [0.25, 0.3) is 5.69 Å². The maximum atomic E-state index is 12.5. The third-order valence-corrected chi connectivity index (χ3v) is 5.86. The van der Waals surface area contributed by atoms with Crippen LogP contribution in [0.4, 0.5) is 17.1 Å². The molecule has 0 fully saturated rings. The predicted molar refractivity (Wildman–Crippen MR) is 133 cm³/mol. The molecule has 34 heavy (non-hydrogen) atoms. The number of hydrogen-bond donors (Lipinski definition) is 2. The first-order valence-electron chi connectivity index (χ1n) is 10.2. The fourth-order valence-corrected chi connectivity index (χ4v) is 4.01. The summed E-state index contributed by atoms with van der Waals surface area (Å²) in [5, 5.41) is 26.7. The fourth-order valence-electron chi connectivity index (χ4n) is 3.12. The molecule has 0 atom stereocenters. The first kappa shape index (κ1) is 23.3. The maximum Gasteiger partial charge on any atom is 0.271 e. The van der Waals surface area contributed by atoms with Crippen LogP contribution < -0.4 is 10.6 Å². The van der Waals surface area contributed by atoms with Crippen LogP contribution in [-0.2, 0) is 11.3 Å².